The van der Waals surface area contributed by atoms with Gasteiger partial charge in [-0.15, -0.1) is 0 Å². The number of ether oxygens (including phenoxy) is 13. The average molecular weight is 1150 g/mol. The van der Waals surface area contributed by atoms with E-state index in [1.807, 2.05) is 0 Å². The van der Waals surface area contributed by atoms with Crippen LogP contribution in [0.2, 0.25) is 0 Å². The first-order valence-electron chi connectivity index (χ1n) is 25.9. The van der Waals surface area contributed by atoms with Gasteiger partial charge in [0.15, 0.2) is 37.7 Å². The van der Waals surface area contributed by atoms with E-state index in [-0.39, 0.29) is 0 Å². The molecule has 35 atom stereocenters. The molecule has 0 saturated carbocycles. The van der Waals surface area contributed by atoms with E-state index >= 15 is 0 Å². The molecule has 7 heterocycles. The number of hydrogen-bond donors (Lipinski definition) is 19. The standard InChI is InChI=1S/C46H80O32/c1-12-15(4)67-19(8-50)36(23(12)53)74-41-13(2)24(54)38(21(10-52)71-41)76-45-35(65)39(77-44-34(64)31(61)27(57)17(6-48)69-44)29(59)22(73-45)11-66-46-40(32(62)28(58)18(7-49)70-46)78-42-14(3)25(55)37(20(9-51)72-42)75-43-33(63)30(60)26(56)16(5-47)68-43/h12-65H,5-11H2,1-4H3/t12-,13+,14?,15+,16?,17-,18?,19?,20+,21?,22?,23?,24?,25?,26+,27-,28-,29-,30+,31?,32?,33?,34?,35-,36-,37-,38-,39?,40-,41+,42+,43?,44-,45+,46+/m1/s1. The Morgan fingerprint density at radius 1 is 0.256 bits per heavy atom. The molecule has 0 bridgehead atoms. The highest BCUT2D eigenvalue weighted by Gasteiger charge is 2.57. The Labute approximate surface area is 446 Å². The summed E-state index contributed by atoms with van der Waals surface area (Å²) in [7, 11) is 0. The van der Waals surface area contributed by atoms with Crippen molar-refractivity contribution in [2.45, 2.75) is 224 Å². The highest BCUT2D eigenvalue weighted by molar-refractivity contribution is 5.00. The molecular formula is C46H80O32. The van der Waals surface area contributed by atoms with Crippen molar-refractivity contribution >= 4 is 0 Å². The largest absolute Gasteiger partial charge is 0.394 e. The topological polar surface area (TPSA) is 504 Å². The van der Waals surface area contributed by atoms with Gasteiger partial charge in [-0.05, 0) is 6.92 Å². The molecule has 0 amide bonds. The summed E-state index contributed by atoms with van der Waals surface area (Å²) in [6.45, 7) is 0.404. The first kappa shape index (κ1) is 64.3. The van der Waals surface area contributed by atoms with Crippen LogP contribution in [0.4, 0.5) is 0 Å². The average Bonchev–Trinajstić information content (AvgIpc) is 3.48. The molecule has 0 radical (unpaired) electrons. The van der Waals surface area contributed by atoms with Gasteiger partial charge in [-0.3, -0.25) is 0 Å². The minimum absolute atomic E-state index is 0.465. The highest BCUT2D eigenvalue weighted by Crippen LogP contribution is 2.39. The second kappa shape index (κ2) is 27.6. The van der Waals surface area contributed by atoms with Crippen LogP contribution in [-0.4, -0.2) is 340 Å². The lowest BCUT2D eigenvalue weighted by molar-refractivity contribution is -0.391. The minimum Gasteiger partial charge on any atom is -0.394 e. The summed E-state index contributed by atoms with van der Waals surface area (Å²) in [6.07, 6.45) is -53.7. The molecule has 0 aromatic heterocycles. The number of rotatable bonds is 19. The molecular weight excluding hydrogens is 1060 g/mol. The zero-order valence-electron chi connectivity index (χ0n) is 43.0. The molecule has 0 spiro atoms. The third-order valence-corrected chi connectivity index (χ3v) is 15.9. The summed E-state index contributed by atoms with van der Waals surface area (Å²) in [6, 6.07) is 0. The Morgan fingerprint density at radius 3 is 1.01 bits per heavy atom. The van der Waals surface area contributed by atoms with Crippen molar-refractivity contribution in [1.29, 1.82) is 0 Å². The van der Waals surface area contributed by atoms with Crippen molar-refractivity contribution < 1.29 is 159 Å². The Hall–Kier alpha value is -1.28. The van der Waals surface area contributed by atoms with E-state index in [0.717, 1.165) is 0 Å². The highest BCUT2D eigenvalue weighted by atomic mass is 16.8. The van der Waals surface area contributed by atoms with Gasteiger partial charge in [-0.2, -0.15) is 0 Å². The molecule has 0 aliphatic carbocycles. The summed E-state index contributed by atoms with van der Waals surface area (Å²) >= 11 is 0. The molecule has 32 heteroatoms. The molecule has 7 saturated heterocycles. The van der Waals surface area contributed by atoms with Crippen molar-refractivity contribution in [3.8, 4) is 0 Å². The van der Waals surface area contributed by atoms with Gasteiger partial charge in [0, 0.05) is 17.8 Å². The van der Waals surface area contributed by atoms with E-state index in [1.165, 1.54) is 13.8 Å². The summed E-state index contributed by atoms with van der Waals surface area (Å²) in [4.78, 5) is 0. The van der Waals surface area contributed by atoms with Crippen LogP contribution >= 0.6 is 0 Å². The van der Waals surface area contributed by atoms with Gasteiger partial charge in [0.1, 0.15) is 134 Å². The lowest BCUT2D eigenvalue weighted by Gasteiger charge is -2.50. The minimum atomic E-state index is -2.15. The van der Waals surface area contributed by atoms with Crippen LogP contribution in [0.5, 0.6) is 0 Å². The molecule has 7 aliphatic heterocycles. The van der Waals surface area contributed by atoms with Crippen molar-refractivity contribution in [3.05, 3.63) is 0 Å². The van der Waals surface area contributed by atoms with Gasteiger partial charge < -0.3 is 159 Å². The van der Waals surface area contributed by atoms with Crippen LogP contribution in [0, 0.1) is 17.8 Å². The predicted octanol–water partition coefficient (Wildman–Crippen LogP) is -11.4. The van der Waals surface area contributed by atoms with Gasteiger partial charge in [0.25, 0.3) is 0 Å². The molecule has 19 N–H and O–H groups in total. The lowest BCUT2D eigenvalue weighted by atomic mass is 9.88. The summed E-state index contributed by atoms with van der Waals surface area (Å²) in [5, 5.41) is 204. The zero-order chi connectivity index (χ0) is 57.3. The second-order valence-corrected chi connectivity index (χ2v) is 21.0. The van der Waals surface area contributed by atoms with Gasteiger partial charge >= 0.3 is 0 Å². The van der Waals surface area contributed by atoms with E-state index in [1.54, 1.807) is 13.8 Å². The number of aliphatic hydroxyl groups excluding tert-OH is 19. The number of hydrogen-bond acceptors (Lipinski definition) is 32. The van der Waals surface area contributed by atoms with E-state index < -0.39 is 260 Å². The van der Waals surface area contributed by atoms with Crippen LogP contribution in [0.15, 0.2) is 0 Å². The monoisotopic (exact) mass is 1140 g/mol. The van der Waals surface area contributed by atoms with Gasteiger partial charge in [-0.1, -0.05) is 20.8 Å². The molecule has 78 heavy (non-hydrogen) atoms. The molecule has 7 aliphatic rings. The normalized spacial score (nSPS) is 53.5. The molecule has 7 rings (SSSR count). The third-order valence-electron chi connectivity index (χ3n) is 15.9. The van der Waals surface area contributed by atoms with Crippen LogP contribution in [0.3, 0.4) is 0 Å². The van der Waals surface area contributed by atoms with E-state index in [2.05, 4.69) is 0 Å². The SMILES string of the molecule is CC1C(O)[C@H](OC2OC(CO)[C@H](O)[C@H](O)C2O)[C@H](CO)O[C@H]1O[C@@H]1C(O)[C@H](O)C(CO)O[C@@H]1OCC1O[C@@H](O[C@@H]2C(CO)O[C@@H](O[C@@H]3C(CO)O[C@@H](C)[C@@H](C)C3O)[C@@H](C)C2O)[C@H](O)C(O[C@H]2O[C@H](CO)[C@@H](O)C(O)C2O)[C@@H]1O. The van der Waals surface area contributed by atoms with Crippen LogP contribution in [0.25, 0.3) is 0 Å². The van der Waals surface area contributed by atoms with Crippen molar-refractivity contribution in [2.75, 3.05) is 46.2 Å². The van der Waals surface area contributed by atoms with Crippen LogP contribution in [-0.2, 0) is 61.6 Å². The summed E-state index contributed by atoms with van der Waals surface area (Å²) in [5.41, 5.74) is 0. The van der Waals surface area contributed by atoms with Crippen molar-refractivity contribution in [1.82, 2.24) is 0 Å². The Bertz CT molecular complexity index is 1810. The quantitative estimate of drug-likeness (QED) is 0.0571. The lowest BCUT2D eigenvalue weighted by Crippen LogP contribution is -2.67. The van der Waals surface area contributed by atoms with Gasteiger partial charge in [-0.25, -0.2) is 0 Å². The fourth-order valence-electron chi connectivity index (χ4n) is 10.6. The van der Waals surface area contributed by atoms with Gasteiger partial charge in [0.2, 0.25) is 0 Å². The molecule has 32 nitrogen and oxygen atoms in total. The maximum Gasteiger partial charge on any atom is 0.187 e. The smallest absolute Gasteiger partial charge is 0.187 e. The fourth-order valence-corrected chi connectivity index (χ4v) is 10.6. The molecule has 0 aromatic rings. The summed E-state index contributed by atoms with van der Waals surface area (Å²) in [5.74, 6) is -2.72. The number of aliphatic hydroxyl groups is 19. The Balaban J connectivity index is 1.11. The second-order valence-electron chi connectivity index (χ2n) is 21.0. The predicted molar refractivity (Wildman–Crippen MR) is 245 cm³/mol. The third kappa shape index (κ3) is 13.2. The van der Waals surface area contributed by atoms with E-state index in [0.29, 0.717) is 0 Å². The molecule has 7 fully saturated rings. The fraction of sp³-hybridized carbons (Fsp3) is 1.00. The maximum atomic E-state index is 11.9. The van der Waals surface area contributed by atoms with Crippen LogP contribution in [0.1, 0.15) is 27.7 Å². The molecule has 0 aromatic carbocycles. The first-order chi connectivity index (χ1) is 37.0. The van der Waals surface area contributed by atoms with Crippen molar-refractivity contribution in [2.24, 2.45) is 17.8 Å². The first-order valence-corrected chi connectivity index (χ1v) is 25.9. The maximum absolute atomic E-state index is 11.9. The Morgan fingerprint density at radius 2 is 0.577 bits per heavy atom. The van der Waals surface area contributed by atoms with E-state index in [4.69, 9.17) is 61.6 Å². The molecule has 456 valence electrons. The zero-order valence-corrected chi connectivity index (χ0v) is 43.0. The van der Waals surface area contributed by atoms with Crippen LogP contribution < -0.4 is 0 Å². The summed E-state index contributed by atoms with van der Waals surface area (Å²) < 4.78 is 76.4. The van der Waals surface area contributed by atoms with E-state index in [9.17, 15) is 97.0 Å². The Kier molecular flexibility index (Phi) is 22.8. The van der Waals surface area contributed by atoms with Crippen molar-refractivity contribution in [3.63, 3.8) is 0 Å². The molecule has 15 unspecified atom stereocenters. The van der Waals surface area contributed by atoms with Gasteiger partial charge in [0.05, 0.1) is 70.7 Å².